The SMILES string of the molecule is CCOC(=O)COc1c(Cl)cc(/C=C2/SC(=S)N(c3ccc(N(C)C)cc3)C2=O)cc1Cl. The van der Waals surface area contributed by atoms with Gasteiger partial charge < -0.3 is 14.4 Å². The Bertz CT molecular complexity index is 1060. The summed E-state index contributed by atoms with van der Waals surface area (Å²) in [6.07, 6.45) is 1.67. The van der Waals surface area contributed by atoms with Gasteiger partial charge in [-0.15, -0.1) is 0 Å². The molecule has 1 heterocycles. The normalized spacial score (nSPS) is 14.8. The molecule has 1 aliphatic heterocycles. The smallest absolute Gasteiger partial charge is 0.344 e. The van der Waals surface area contributed by atoms with Crippen LogP contribution < -0.4 is 14.5 Å². The first-order chi connectivity index (χ1) is 15.2. The lowest BCUT2D eigenvalue weighted by Gasteiger charge is -2.17. The molecule has 0 spiro atoms. The van der Waals surface area contributed by atoms with E-state index in [0.29, 0.717) is 20.5 Å². The molecule has 2 aromatic rings. The fourth-order valence-corrected chi connectivity index (χ4v) is 4.79. The number of rotatable bonds is 7. The highest BCUT2D eigenvalue weighted by Gasteiger charge is 2.33. The van der Waals surface area contributed by atoms with Crippen molar-refractivity contribution in [1.82, 2.24) is 0 Å². The Morgan fingerprint density at radius 1 is 1.19 bits per heavy atom. The largest absolute Gasteiger partial charge is 0.479 e. The number of hydrogen-bond acceptors (Lipinski definition) is 7. The predicted molar refractivity (Wildman–Crippen MR) is 135 cm³/mol. The van der Waals surface area contributed by atoms with Crippen LogP contribution in [0.2, 0.25) is 10.0 Å². The van der Waals surface area contributed by atoms with Crippen molar-refractivity contribution < 1.29 is 19.1 Å². The monoisotopic (exact) mass is 510 g/mol. The average molecular weight is 511 g/mol. The van der Waals surface area contributed by atoms with E-state index in [4.69, 9.17) is 44.9 Å². The summed E-state index contributed by atoms with van der Waals surface area (Å²) < 4.78 is 10.6. The summed E-state index contributed by atoms with van der Waals surface area (Å²) >= 11 is 19.2. The summed E-state index contributed by atoms with van der Waals surface area (Å²) in [5.41, 5.74) is 2.32. The molecule has 0 saturated carbocycles. The maximum absolute atomic E-state index is 13.0. The zero-order valence-electron chi connectivity index (χ0n) is 17.6. The second-order valence-corrected chi connectivity index (χ2v) is 9.33. The summed E-state index contributed by atoms with van der Waals surface area (Å²) in [5, 5.41) is 0.422. The Morgan fingerprint density at radius 3 is 2.38 bits per heavy atom. The molecule has 1 aliphatic rings. The number of carbonyl (C=O) groups excluding carboxylic acids is 2. The first-order valence-corrected chi connectivity index (χ1v) is 11.5. The van der Waals surface area contributed by atoms with E-state index in [1.54, 1.807) is 25.1 Å². The Labute approximate surface area is 206 Å². The van der Waals surface area contributed by atoms with Gasteiger partial charge in [0.25, 0.3) is 5.91 Å². The van der Waals surface area contributed by atoms with E-state index in [9.17, 15) is 9.59 Å². The van der Waals surface area contributed by atoms with Crippen molar-refractivity contribution in [3.63, 3.8) is 0 Å². The van der Waals surface area contributed by atoms with Crippen LogP contribution in [0.25, 0.3) is 6.08 Å². The van der Waals surface area contributed by atoms with Crippen molar-refractivity contribution in [1.29, 1.82) is 0 Å². The molecule has 6 nitrogen and oxygen atoms in total. The fourth-order valence-electron chi connectivity index (χ4n) is 2.88. The molecule has 0 aliphatic carbocycles. The molecule has 10 heteroatoms. The minimum absolute atomic E-state index is 0.173. The predicted octanol–water partition coefficient (Wildman–Crippen LogP) is 5.41. The van der Waals surface area contributed by atoms with Crippen molar-refractivity contribution in [2.45, 2.75) is 6.92 Å². The van der Waals surface area contributed by atoms with Gasteiger partial charge in [0.05, 0.1) is 27.2 Å². The first-order valence-electron chi connectivity index (χ1n) is 9.54. The summed E-state index contributed by atoms with van der Waals surface area (Å²) in [6, 6.07) is 10.8. The Balaban J connectivity index is 1.80. The third-order valence-corrected chi connectivity index (χ3v) is 6.24. The van der Waals surface area contributed by atoms with Crippen LogP contribution in [0.15, 0.2) is 41.3 Å². The topological polar surface area (TPSA) is 59.1 Å². The highest BCUT2D eigenvalue weighted by Crippen LogP contribution is 2.39. The van der Waals surface area contributed by atoms with Gasteiger partial charge >= 0.3 is 5.97 Å². The molecule has 1 amide bonds. The van der Waals surface area contributed by atoms with Crippen LogP contribution in [0.3, 0.4) is 0 Å². The van der Waals surface area contributed by atoms with E-state index in [-0.39, 0.29) is 34.9 Å². The maximum atomic E-state index is 13.0. The lowest BCUT2D eigenvalue weighted by atomic mass is 10.2. The Hall–Kier alpha value is -2.26. The van der Waals surface area contributed by atoms with E-state index in [1.807, 2.05) is 43.3 Å². The summed E-state index contributed by atoms with van der Waals surface area (Å²) in [5.74, 6) is -0.578. The maximum Gasteiger partial charge on any atom is 0.344 e. The zero-order chi connectivity index (χ0) is 23.4. The summed E-state index contributed by atoms with van der Waals surface area (Å²) in [4.78, 5) is 28.4. The van der Waals surface area contributed by atoms with Crippen LogP contribution in [0.5, 0.6) is 5.75 Å². The molecule has 1 saturated heterocycles. The van der Waals surface area contributed by atoms with Gasteiger partial charge in [-0.05, 0) is 55.0 Å². The number of hydrogen-bond donors (Lipinski definition) is 0. The Morgan fingerprint density at radius 2 is 1.81 bits per heavy atom. The van der Waals surface area contributed by atoms with Gasteiger partial charge in [-0.1, -0.05) is 47.2 Å². The molecular formula is C22H20Cl2N2O4S2. The Kier molecular flexibility index (Phi) is 8.05. The molecule has 3 rings (SSSR count). The second-order valence-electron chi connectivity index (χ2n) is 6.84. The highest BCUT2D eigenvalue weighted by molar-refractivity contribution is 8.27. The number of amides is 1. The number of carbonyl (C=O) groups is 2. The second kappa shape index (κ2) is 10.6. The molecule has 32 heavy (non-hydrogen) atoms. The lowest BCUT2D eigenvalue weighted by Crippen LogP contribution is -2.27. The molecule has 0 bridgehead atoms. The molecule has 0 radical (unpaired) electrons. The number of anilines is 2. The average Bonchev–Trinajstić information content (AvgIpc) is 3.00. The zero-order valence-corrected chi connectivity index (χ0v) is 20.7. The molecule has 0 N–H and O–H groups in total. The molecule has 2 aromatic carbocycles. The molecule has 0 unspecified atom stereocenters. The van der Waals surface area contributed by atoms with Crippen LogP contribution in [-0.4, -0.2) is 43.5 Å². The standard InChI is InChI=1S/C22H20Cl2N2O4S2/c1-4-29-19(27)12-30-20-16(23)9-13(10-17(20)24)11-18-21(28)26(22(31)32-18)15-7-5-14(6-8-15)25(2)3/h5-11H,4,12H2,1-3H3/b18-11+. The van der Waals surface area contributed by atoms with Crippen LogP contribution in [0.1, 0.15) is 12.5 Å². The lowest BCUT2D eigenvalue weighted by molar-refractivity contribution is -0.145. The van der Waals surface area contributed by atoms with Crippen molar-refractivity contribution in [3.8, 4) is 5.75 Å². The summed E-state index contributed by atoms with van der Waals surface area (Å²) in [6.45, 7) is 1.65. The van der Waals surface area contributed by atoms with Gasteiger partial charge in [0.2, 0.25) is 0 Å². The van der Waals surface area contributed by atoms with Gasteiger partial charge in [-0.2, -0.15) is 0 Å². The van der Waals surface area contributed by atoms with E-state index < -0.39 is 5.97 Å². The van der Waals surface area contributed by atoms with E-state index >= 15 is 0 Å². The van der Waals surface area contributed by atoms with Gasteiger partial charge in [0, 0.05) is 19.8 Å². The molecule has 0 aromatic heterocycles. The highest BCUT2D eigenvalue weighted by atomic mass is 35.5. The van der Waals surface area contributed by atoms with Gasteiger partial charge in [0.1, 0.15) is 0 Å². The number of benzene rings is 2. The van der Waals surface area contributed by atoms with E-state index in [1.165, 1.54) is 16.7 Å². The van der Waals surface area contributed by atoms with Gasteiger partial charge in [-0.3, -0.25) is 9.69 Å². The van der Waals surface area contributed by atoms with Crippen molar-refractivity contribution in [2.24, 2.45) is 0 Å². The molecular weight excluding hydrogens is 491 g/mol. The quantitative estimate of drug-likeness (QED) is 0.280. The van der Waals surface area contributed by atoms with E-state index in [0.717, 1.165) is 5.69 Å². The van der Waals surface area contributed by atoms with Crippen LogP contribution in [0.4, 0.5) is 11.4 Å². The third-order valence-electron chi connectivity index (χ3n) is 4.38. The van der Waals surface area contributed by atoms with E-state index in [2.05, 4.69) is 0 Å². The summed E-state index contributed by atoms with van der Waals surface area (Å²) in [7, 11) is 3.89. The molecule has 1 fully saturated rings. The minimum atomic E-state index is -0.522. The molecule has 0 atom stereocenters. The third kappa shape index (κ3) is 5.56. The number of esters is 1. The van der Waals surface area contributed by atoms with Gasteiger partial charge in [-0.25, -0.2) is 4.79 Å². The number of halogens is 2. The van der Waals surface area contributed by atoms with Crippen molar-refractivity contribution in [2.75, 3.05) is 37.1 Å². The number of ether oxygens (including phenoxy) is 2. The van der Waals surface area contributed by atoms with Gasteiger partial charge in [0.15, 0.2) is 16.7 Å². The fraction of sp³-hybridized carbons (Fsp3) is 0.227. The number of thioether (sulfide) groups is 1. The minimum Gasteiger partial charge on any atom is -0.479 e. The van der Waals surface area contributed by atoms with Crippen LogP contribution >= 0.6 is 47.2 Å². The van der Waals surface area contributed by atoms with Crippen molar-refractivity contribution in [3.05, 3.63) is 56.9 Å². The van der Waals surface area contributed by atoms with Crippen LogP contribution in [-0.2, 0) is 14.3 Å². The van der Waals surface area contributed by atoms with Crippen LogP contribution in [0, 0.1) is 0 Å². The number of nitrogens with zero attached hydrogens (tertiary/aromatic N) is 2. The number of thiocarbonyl (C=S) groups is 1. The first kappa shape index (κ1) is 24.4. The van der Waals surface area contributed by atoms with Crippen molar-refractivity contribution >= 4 is 80.8 Å². The molecule has 168 valence electrons.